The van der Waals surface area contributed by atoms with Crippen molar-refractivity contribution in [2.75, 3.05) is 26.8 Å². The molecule has 0 unspecified atom stereocenters. The molecule has 7 heteroatoms. The van der Waals surface area contributed by atoms with Crippen molar-refractivity contribution in [3.05, 3.63) is 29.8 Å². The van der Waals surface area contributed by atoms with Crippen molar-refractivity contribution in [3.8, 4) is 11.5 Å². The number of methoxy groups -OCH3 is 1. The Morgan fingerprint density at radius 2 is 1.89 bits per heavy atom. The summed E-state index contributed by atoms with van der Waals surface area (Å²) in [4.78, 5) is 25.8. The Bertz CT molecular complexity index is 705. The highest BCUT2D eigenvalue weighted by molar-refractivity contribution is 5.89. The molecule has 1 aromatic carbocycles. The molecule has 0 bridgehead atoms. The fourth-order valence-electron chi connectivity index (χ4n) is 2.96. The van der Waals surface area contributed by atoms with Crippen LogP contribution in [0.2, 0.25) is 0 Å². The molecule has 1 aliphatic heterocycles. The van der Waals surface area contributed by atoms with Crippen molar-refractivity contribution >= 4 is 18.0 Å². The van der Waals surface area contributed by atoms with Crippen molar-refractivity contribution in [3.63, 3.8) is 0 Å². The Labute approximate surface area is 166 Å². The second-order valence-corrected chi connectivity index (χ2v) is 7.07. The molecule has 1 fully saturated rings. The summed E-state index contributed by atoms with van der Waals surface area (Å²) >= 11 is 0. The lowest BCUT2D eigenvalue weighted by Gasteiger charge is -2.35. The number of ether oxygens (including phenoxy) is 4. The maximum Gasteiger partial charge on any atom is 0.331 e. The highest BCUT2D eigenvalue weighted by atomic mass is 16.5. The zero-order chi connectivity index (χ0) is 20.7. The lowest BCUT2D eigenvalue weighted by atomic mass is 10.2. The van der Waals surface area contributed by atoms with Gasteiger partial charge in [0, 0.05) is 19.2 Å². The minimum absolute atomic E-state index is 0.0269. The monoisotopic (exact) mass is 391 g/mol. The number of morpholine rings is 1. The van der Waals surface area contributed by atoms with Crippen LogP contribution >= 0.6 is 0 Å². The highest BCUT2D eigenvalue weighted by Gasteiger charge is 2.26. The first kappa shape index (κ1) is 21.8. The van der Waals surface area contributed by atoms with E-state index in [0.717, 1.165) is 5.56 Å². The lowest BCUT2D eigenvalue weighted by molar-refractivity contribution is -0.154. The number of carbonyl (C=O) groups is 2. The number of rotatable bonds is 7. The van der Waals surface area contributed by atoms with E-state index in [-0.39, 0.29) is 30.8 Å². The van der Waals surface area contributed by atoms with E-state index in [9.17, 15) is 9.59 Å². The van der Waals surface area contributed by atoms with Crippen LogP contribution in [0.5, 0.6) is 11.5 Å². The first-order valence-corrected chi connectivity index (χ1v) is 9.41. The minimum Gasteiger partial charge on any atom is -0.493 e. The average Bonchev–Trinajstić information content (AvgIpc) is 2.64. The quantitative estimate of drug-likeness (QED) is 0.526. The number of benzene rings is 1. The van der Waals surface area contributed by atoms with Gasteiger partial charge >= 0.3 is 5.97 Å². The van der Waals surface area contributed by atoms with Gasteiger partial charge in [-0.3, -0.25) is 4.79 Å². The topological polar surface area (TPSA) is 74.3 Å². The van der Waals surface area contributed by atoms with Crippen LogP contribution in [-0.2, 0) is 19.1 Å². The number of carbonyl (C=O) groups excluding carboxylic acids is 2. The zero-order valence-corrected chi connectivity index (χ0v) is 17.1. The molecule has 0 N–H and O–H groups in total. The maximum atomic E-state index is 12.2. The molecular formula is C21H29NO6. The van der Waals surface area contributed by atoms with Crippen LogP contribution in [0.3, 0.4) is 0 Å². The van der Waals surface area contributed by atoms with Crippen molar-refractivity contribution in [1.29, 1.82) is 0 Å². The van der Waals surface area contributed by atoms with E-state index >= 15 is 0 Å². The summed E-state index contributed by atoms with van der Waals surface area (Å²) in [6.07, 6.45) is 2.87. The highest BCUT2D eigenvalue weighted by Crippen LogP contribution is 2.29. The van der Waals surface area contributed by atoms with Gasteiger partial charge in [0.25, 0.3) is 5.91 Å². The molecule has 1 saturated heterocycles. The first-order chi connectivity index (χ1) is 13.3. The van der Waals surface area contributed by atoms with Crippen LogP contribution in [0.1, 0.15) is 33.3 Å². The maximum absolute atomic E-state index is 12.2. The molecule has 0 aromatic heterocycles. The van der Waals surface area contributed by atoms with E-state index in [1.807, 2.05) is 33.8 Å². The van der Waals surface area contributed by atoms with Crippen molar-refractivity contribution in [1.82, 2.24) is 4.90 Å². The van der Waals surface area contributed by atoms with Gasteiger partial charge in [0.15, 0.2) is 18.1 Å². The molecule has 0 aliphatic carbocycles. The van der Waals surface area contributed by atoms with E-state index < -0.39 is 5.97 Å². The molecule has 0 spiro atoms. The summed E-state index contributed by atoms with van der Waals surface area (Å²) in [6.45, 7) is 8.41. The van der Waals surface area contributed by atoms with E-state index in [1.165, 1.54) is 6.08 Å². The molecule has 1 heterocycles. The number of amides is 1. The predicted molar refractivity (Wildman–Crippen MR) is 105 cm³/mol. The summed E-state index contributed by atoms with van der Waals surface area (Å²) in [5.41, 5.74) is 0.757. The second kappa shape index (κ2) is 10.1. The molecule has 2 atom stereocenters. The van der Waals surface area contributed by atoms with Gasteiger partial charge in [-0.05, 0) is 51.5 Å². The molecule has 7 nitrogen and oxygen atoms in total. The summed E-state index contributed by atoms with van der Waals surface area (Å²) < 4.78 is 21.6. The van der Waals surface area contributed by atoms with Crippen molar-refractivity contribution < 1.29 is 28.5 Å². The van der Waals surface area contributed by atoms with Gasteiger partial charge in [0.1, 0.15) is 0 Å². The molecule has 28 heavy (non-hydrogen) atoms. The minimum atomic E-state index is -0.579. The van der Waals surface area contributed by atoms with Crippen LogP contribution in [0.25, 0.3) is 6.08 Å². The molecular weight excluding hydrogens is 362 g/mol. The van der Waals surface area contributed by atoms with Crippen molar-refractivity contribution in [2.24, 2.45) is 0 Å². The Kier molecular flexibility index (Phi) is 7.87. The summed E-state index contributed by atoms with van der Waals surface area (Å²) in [5, 5.41) is 0. The molecule has 1 amide bonds. The third-order valence-corrected chi connectivity index (χ3v) is 4.07. The van der Waals surface area contributed by atoms with Gasteiger partial charge in [-0.1, -0.05) is 6.07 Å². The second-order valence-electron chi connectivity index (χ2n) is 7.07. The Morgan fingerprint density at radius 3 is 2.50 bits per heavy atom. The van der Waals surface area contributed by atoms with Crippen LogP contribution in [-0.4, -0.2) is 61.9 Å². The van der Waals surface area contributed by atoms with E-state index in [2.05, 4.69) is 0 Å². The summed E-state index contributed by atoms with van der Waals surface area (Å²) in [5.74, 6) is 0.413. The van der Waals surface area contributed by atoms with Crippen LogP contribution in [0.15, 0.2) is 24.3 Å². The largest absolute Gasteiger partial charge is 0.493 e. The van der Waals surface area contributed by atoms with E-state index in [4.69, 9.17) is 18.9 Å². The smallest absolute Gasteiger partial charge is 0.331 e. The molecule has 2 rings (SSSR count). The van der Waals surface area contributed by atoms with Gasteiger partial charge in [-0.15, -0.1) is 0 Å². The Morgan fingerprint density at radius 1 is 1.21 bits per heavy atom. The lowest BCUT2D eigenvalue weighted by Crippen LogP contribution is -2.49. The number of hydrogen-bond donors (Lipinski definition) is 0. The average molecular weight is 391 g/mol. The molecule has 154 valence electrons. The fourth-order valence-corrected chi connectivity index (χ4v) is 2.96. The first-order valence-electron chi connectivity index (χ1n) is 9.41. The number of nitrogens with zero attached hydrogens (tertiary/aromatic N) is 1. The Hall–Kier alpha value is -2.54. The van der Waals surface area contributed by atoms with Gasteiger partial charge in [0.05, 0.1) is 25.4 Å². The van der Waals surface area contributed by atoms with E-state index in [0.29, 0.717) is 24.6 Å². The van der Waals surface area contributed by atoms with Crippen LogP contribution < -0.4 is 9.47 Å². The normalized spacial score (nSPS) is 19.7. The third-order valence-electron chi connectivity index (χ3n) is 4.07. The van der Waals surface area contributed by atoms with Gasteiger partial charge < -0.3 is 23.8 Å². The number of esters is 1. The summed E-state index contributed by atoms with van der Waals surface area (Å²) in [6, 6.07) is 5.36. The molecule has 1 aliphatic rings. The third kappa shape index (κ3) is 6.56. The summed E-state index contributed by atoms with van der Waals surface area (Å²) in [7, 11) is 1.56. The standard InChI is InChI=1S/C21H29NO6/c1-14(2)27-18-8-6-17(10-19(18)25-5)7-9-21(24)26-13-20(23)22-11-15(3)28-16(4)12-22/h6-10,14-16H,11-13H2,1-5H3/b9-7+/t15-,16-/m1/s1. The zero-order valence-electron chi connectivity index (χ0n) is 17.1. The predicted octanol–water partition coefficient (Wildman–Crippen LogP) is 2.67. The van der Waals surface area contributed by atoms with Crippen molar-refractivity contribution in [2.45, 2.75) is 46.0 Å². The number of hydrogen-bond acceptors (Lipinski definition) is 6. The van der Waals surface area contributed by atoms with Gasteiger partial charge in [0.2, 0.25) is 0 Å². The van der Waals surface area contributed by atoms with Gasteiger partial charge in [-0.25, -0.2) is 4.79 Å². The fraction of sp³-hybridized carbons (Fsp3) is 0.524. The molecule has 0 radical (unpaired) electrons. The van der Waals surface area contributed by atoms with Gasteiger partial charge in [-0.2, -0.15) is 0 Å². The Balaban J connectivity index is 1.88. The van der Waals surface area contributed by atoms with Crippen LogP contribution in [0, 0.1) is 0 Å². The molecule has 0 saturated carbocycles. The molecule has 1 aromatic rings. The SMILES string of the molecule is COc1cc(/C=C/C(=O)OCC(=O)N2C[C@@H](C)O[C@H](C)C2)ccc1OC(C)C. The van der Waals surface area contributed by atoms with Crippen LogP contribution in [0.4, 0.5) is 0 Å². The van der Waals surface area contributed by atoms with E-state index in [1.54, 1.807) is 30.2 Å².